The Labute approximate surface area is 210 Å². The minimum absolute atomic E-state index is 0.0696. The van der Waals surface area contributed by atoms with Crippen LogP contribution < -0.4 is 15.8 Å². The second-order valence-corrected chi connectivity index (χ2v) is 10.2. The van der Waals surface area contributed by atoms with Crippen molar-refractivity contribution < 1.29 is 13.9 Å². The van der Waals surface area contributed by atoms with E-state index in [1.165, 1.54) is 19.4 Å². The molecule has 3 aromatic rings. The zero-order valence-electron chi connectivity index (χ0n) is 20.3. The fourth-order valence-electron chi connectivity index (χ4n) is 5.31. The molecule has 1 aromatic heterocycles. The largest absolute Gasteiger partial charge is 0.490 e. The van der Waals surface area contributed by atoms with Gasteiger partial charge < -0.3 is 20.7 Å². The number of hydrogen-bond donors (Lipinski definition) is 2. The predicted octanol–water partition coefficient (Wildman–Crippen LogP) is 4.68. The number of anilines is 1. The normalized spacial score (nSPS) is 18.5. The van der Waals surface area contributed by atoms with E-state index in [0.717, 1.165) is 55.1 Å². The SMILES string of the molecule is Nc1nc(F)c(-c2ccc(OC3CCN(CC4CC4)CC3)cc2)cc1-c1ccc2c(c1)CCNC2=O. The molecular formula is C29H31FN4O2. The molecule has 1 saturated carbocycles. The topological polar surface area (TPSA) is 80.5 Å². The van der Waals surface area contributed by atoms with Crippen LogP contribution in [-0.4, -0.2) is 48.1 Å². The van der Waals surface area contributed by atoms with Crippen LogP contribution in [0.15, 0.2) is 48.5 Å². The predicted molar refractivity (Wildman–Crippen MR) is 138 cm³/mol. The molecule has 7 heteroatoms. The molecule has 2 aliphatic heterocycles. The number of likely N-dealkylation sites (tertiary alicyclic amines) is 1. The highest BCUT2D eigenvalue weighted by atomic mass is 19.1. The highest BCUT2D eigenvalue weighted by Gasteiger charge is 2.27. The standard InChI is InChI=1S/C29H31FN4O2/c30-27-25(16-26(28(31)33-27)20-5-8-24-21(15-20)9-12-32-29(24)35)19-3-6-22(7-4-19)36-23-10-13-34(14-11-23)17-18-1-2-18/h3-8,15-16,18,23H,1-2,9-14,17H2,(H2,31,33)(H,32,35). The molecule has 1 aliphatic carbocycles. The van der Waals surface area contributed by atoms with Gasteiger partial charge in [-0.15, -0.1) is 0 Å². The Balaban J connectivity index is 1.18. The smallest absolute Gasteiger partial charge is 0.251 e. The van der Waals surface area contributed by atoms with Crippen molar-refractivity contribution in [1.82, 2.24) is 15.2 Å². The van der Waals surface area contributed by atoms with Crippen molar-refractivity contribution in [3.8, 4) is 28.0 Å². The number of piperidine rings is 1. The number of hydrogen-bond acceptors (Lipinski definition) is 5. The second kappa shape index (κ2) is 9.54. The first-order valence-electron chi connectivity index (χ1n) is 12.9. The zero-order chi connectivity index (χ0) is 24.6. The molecule has 2 fully saturated rings. The summed E-state index contributed by atoms with van der Waals surface area (Å²) in [6.45, 7) is 4.03. The quantitative estimate of drug-likeness (QED) is 0.495. The summed E-state index contributed by atoms with van der Waals surface area (Å²) in [4.78, 5) is 18.6. The average Bonchev–Trinajstić information content (AvgIpc) is 3.70. The summed E-state index contributed by atoms with van der Waals surface area (Å²) in [5.41, 5.74) is 10.3. The third kappa shape index (κ3) is 4.80. The monoisotopic (exact) mass is 486 g/mol. The average molecular weight is 487 g/mol. The van der Waals surface area contributed by atoms with Crippen LogP contribution in [0.4, 0.5) is 10.2 Å². The van der Waals surface area contributed by atoms with Crippen molar-refractivity contribution >= 4 is 11.7 Å². The molecule has 0 bridgehead atoms. The van der Waals surface area contributed by atoms with Gasteiger partial charge in [-0.25, -0.2) is 4.98 Å². The number of ether oxygens (including phenoxy) is 1. The highest BCUT2D eigenvalue weighted by molar-refractivity contribution is 5.97. The van der Waals surface area contributed by atoms with E-state index in [-0.39, 0.29) is 17.8 Å². The van der Waals surface area contributed by atoms with Crippen LogP contribution in [0.1, 0.15) is 41.6 Å². The van der Waals surface area contributed by atoms with Gasteiger partial charge in [0.25, 0.3) is 5.91 Å². The molecule has 3 N–H and O–H groups in total. The second-order valence-electron chi connectivity index (χ2n) is 10.2. The molecule has 6 nitrogen and oxygen atoms in total. The third-order valence-corrected chi connectivity index (χ3v) is 7.56. The maximum Gasteiger partial charge on any atom is 0.251 e. The molecule has 0 unspecified atom stereocenters. The molecule has 3 aliphatic rings. The van der Waals surface area contributed by atoms with Crippen LogP contribution in [0.25, 0.3) is 22.3 Å². The highest BCUT2D eigenvalue weighted by Crippen LogP contribution is 2.34. The zero-order valence-corrected chi connectivity index (χ0v) is 20.3. The number of nitrogens with two attached hydrogens (primary N) is 1. The first-order chi connectivity index (χ1) is 17.5. The lowest BCUT2D eigenvalue weighted by molar-refractivity contribution is 0.0946. The van der Waals surface area contributed by atoms with Crippen LogP contribution in [0.2, 0.25) is 0 Å². The van der Waals surface area contributed by atoms with Crippen molar-refractivity contribution in [3.63, 3.8) is 0 Å². The molecule has 186 valence electrons. The number of carbonyl (C=O) groups excluding carboxylic acids is 1. The minimum Gasteiger partial charge on any atom is -0.490 e. The number of halogens is 1. The summed E-state index contributed by atoms with van der Waals surface area (Å²) in [5.74, 6) is 1.18. The van der Waals surface area contributed by atoms with Crippen molar-refractivity contribution in [2.24, 2.45) is 5.92 Å². The molecule has 0 spiro atoms. The van der Waals surface area contributed by atoms with Gasteiger partial charge in [0.15, 0.2) is 0 Å². The maximum atomic E-state index is 14.9. The van der Waals surface area contributed by atoms with E-state index in [1.807, 2.05) is 36.4 Å². The fourth-order valence-corrected chi connectivity index (χ4v) is 5.31. The Bertz CT molecular complexity index is 1280. The third-order valence-electron chi connectivity index (χ3n) is 7.56. The van der Waals surface area contributed by atoms with Crippen LogP contribution >= 0.6 is 0 Å². The Morgan fingerprint density at radius 3 is 2.47 bits per heavy atom. The van der Waals surface area contributed by atoms with E-state index in [2.05, 4.69) is 15.2 Å². The number of nitrogens with zero attached hydrogens (tertiary/aromatic N) is 2. The van der Waals surface area contributed by atoms with Gasteiger partial charge in [0, 0.05) is 42.9 Å². The summed E-state index contributed by atoms with van der Waals surface area (Å²) < 4.78 is 21.1. The molecule has 1 saturated heterocycles. The van der Waals surface area contributed by atoms with Crippen LogP contribution in [0, 0.1) is 11.9 Å². The van der Waals surface area contributed by atoms with Gasteiger partial charge in [-0.05, 0) is 79.0 Å². The van der Waals surface area contributed by atoms with E-state index in [4.69, 9.17) is 10.5 Å². The molecule has 3 heterocycles. The summed E-state index contributed by atoms with van der Waals surface area (Å²) >= 11 is 0. The summed E-state index contributed by atoms with van der Waals surface area (Å²) in [5, 5.41) is 2.85. The van der Waals surface area contributed by atoms with Crippen molar-refractivity contribution in [3.05, 3.63) is 65.6 Å². The van der Waals surface area contributed by atoms with Gasteiger partial charge in [-0.3, -0.25) is 4.79 Å². The maximum absolute atomic E-state index is 14.9. The number of carbonyl (C=O) groups is 1. The Kier molecular flexibility index (Phi) is 6.09. The number of nitrogen functional groups attached to an aromatic ring is 1. The van der Waals surface area contributed by atoms with E-state index >= 15 is 0 Å². The van der Waals surface area contributed by atoms with Crippen LogP contribution in [-0.2, 0) is 6.42 Å². The first kappa shape index (κ1) is 23.0. The van der Waals surface area contributed by atoms with Crippen molar-refractivity contribution in [1.29, 1.82) is 0 Å². The van der Waals surface area contributed by atoms with Gasteiger partial charge in [0.1, 0.15) is 17.7 Å². The Morgan fingerprint density at radius 1 is 0.972 bits per heavy atom. The minimum atomic E-state index is -0.606. The number of rotatable bonds is 6. The van der Waals surface area contributed by atoms with Gasteiger partial charge in [0.2, 0.25) is 5.95 Å². The number of amides is 1. The molecule has 0 atom stereocenters. The van der Waals surface area contributed by atoms with Crippen molar-refractivity contribution in [2.75, 3.05) is 31.9 Å². The number of pyridine rings is 1. The molecule has 1 amide bonds. The summed E-state index contributed by atoms with van der Waals surface area (Å²) in [6, 6.07) is 14.9. The molecule has 2 aromatic carbocycles. The van der Waals surface area contributed by atoms with Gasteiger partial charge in [0.05, 0.1) is 0 Å². The van der Waals surface area contributed by atoms with Gasteiger partial charge >= 0.3 is 0 Å². The number of aromatic nitrogens is 1. The molecule has 0 radical (unpaired) electrons. The van der Waals surface area contributed by atoms with E-state index in [0.29, 0.717) is 28.8 Å². The summed E-state index contributed by atoms with van der Waals surface area (Å²) in [7, 11) is 0. The van der Waals surface area contributed by atoms with Gasteiger partial charge in [-0.2, -0.15) is 4.39 Å². The Hall–Kier alpha value is -3.45. The van der Waals surface area contributed by atoms with Gasteiger partial charge in [-0.1, -0.05) is 24.3 Å². The molecule has 6 rings (SSSR count). The lowest BCUT2D eigenvalue weighted by atomic mass is 9.94. The lowest BCUT2D eigenvalue weighted by Crippen LogP contribution is -2.39. The first-order valence-corrected chi connectivity index (χ1v) is 12.9. The number of benzene rings is 2. The van der Waals surface area contributed by atoms with E-state index in [9.17, 15) is 9.18 Å². The number of fused-ring (bicyclic) bond motifs is 1. The summed E-state index contributed by atoms with van der Waals surface area (Å²) in [6.07, 6.45) is 5.82. The molecule has 36 heavy (non-hydrogen) atoms. The van der Waals surface area contributed by atoms with E-state index in [1.54, 1.807) is 12.1 Å². The fraction of sp³-hybridized carbons (Fsp3) is 0.379. The van der Waals surface area contributed by atoms with Crippen molar-refractivity contribution in [2.45, 2.75) is 38.2 Å². The van der Waals surface area contributed by atoms with E-state index < -0.39 is 5.95 Å². The Morgan fingerprint density at radius 2 is 1.72 bits per heavy atom. The lowest BCUT2D eigenvalue weighted by Gasteiger charge is -2.32. The van der Waals surface area contributed by atoms with Crippen LogP contribution in [0.5, 0.6) is 5.75 Å². The number of nitrogens with one attached hydrogen (secondary N) is 1. The molecular weight excluding hydrogens is 455 g/mol. The van der Waals surface area contributed by atoms with Crippen LogP contribution in [0.3, 0.4) is 0 Å².